The highest BCUT2D eigenvalue weighted by Gasteiger charge is 2.11. The van der Waals surface area contributed by atoms with E-state index in [9.17, 15) is 0 Å². The van der Waals surface area contributed by atoms with E-state index in [1.807, 2.05) is 13.0 Å². The van der Waals surface area contributed by atoms with E-state index in [0.29, 0.717) is 12.3 Å². The molecule has 0 amide bonds. The molecule has 130 valence electrons. The molecule has 0 aromatic rings. The highest BCUT2D eigenvalue weighted by atomic mass is 16.5. The Hall–Kier alpha value is -1.68. The number of rotatable bonds is 9. The molecule has 1 fully saturated rings. The lowest BCUT2D eigenvalue weighted by atomic mass is 10.2. The second kappa shape index (κ2) is 10.2. The number of hydrogen-bond donors (Lipinski definition) is 2. The van der Waals surface area contributed by atoms with Crippen molar-refractivity contribution in [2.45, 2.75) is 47.0 Å². The number of hydrogen-bond acceptors (Lipinski definition) is 4. The molecule has 1 aliphatic rings. The maximum absolute atomic E-state index is 6.00. The first-order chi connectivity index (χ1) is 10.9. The molecule has 0 bridgehead atoms. The summed E-state index contributed by atoms with van der Waals surface area (Å²) in [4.78, 5) is 2.44. The number of nitrogens with two attached hydrogens (primary N) is 1. The summed E-state index contributed by atoms with van der Waals surface area (Å²) in [7, 11) is 0. The van der Waals surface area contributed by atoms with Crippen LogP contribution in [0.1, 0.15) is 47.0 Å². The zero-order valence-corrected chi connectivity index (χ0v) is 15.2. The van der Waals surface area contributed by atoms with Crippen molar-refractivity contribution < 1.29 is 4.74 Å². The number of likely N-dealkylation sites (tertiary alicyclic amines) is 1. The Morgan fingerprint density at radius 3 is 2.39 bits per heavy atom. The summed E-state index contributed by atoms with van der Waals surface area (Å²) >= 11 is 0. The molecule has 23 heavy (non-hydrogen) atoms. The second-order valence-electron chi connectivity index (χ2n) is 6.18. The fourth-order valence-corrected chi connectivity index (χ4v) is 2.47. The lowest BCUT2D eigenvalue weighted by Gasteiger charge is -2.18. The van der Waals surface area contributed by atoms with Crippen molar-refractivity contribution in [2.75, 3.05) is 26.2 Å². The van der Waals surface area contributed by atoms with E-state index >= 15 is 0 Å². The number of nitrogens with one attached hydrogen (secondary N) is 1. The monoisotopic (exact) mass is 319 g/mol. The Kier molecular flexibility index (Phi) is 8.56. The molecule has 0 aromatic heterocycles. The van der Waals surface area contributed by atoms with Gasteiger partial charge in [-0.2, -0.15) is 0 Å². The normalized spacial score (nSPS) is 17.9. The van der Waals surface area contributed by atoms with E-state index in [4.69, 9.17) is 10.5 Å². The fraction of sp³-hybridized carbons (Fsp3) is 0.579. The van der Waals surface area contributed by atoms with Crippen LogP contribution in [0.3, 0.4) is 0 Å². The molecule has 0 saturated carbocycles. The molecule has 4 nitrogen and oxygen atoms in total. The zero-order valence-electron chi connectivity index (χ0n) is 15.2. The summed E-state index contributed by atoms with van der Waals surface area (Å²) < 4.78 is 6.00. The van der Waals surface area contributed by atoms with Crippen LogP contribution in [0, 0.1) is 0 Å². The van der Waals surface area contributed by atoms with Crippen LogP contribution in [0.4, 0.5) is 0 Å². The maximum atomic E-state index is 6.00. The van der Waals surface area contributed by atoms with Crippen molar-refractivity contribution in [2.24, 2.45) is 5.73 Å². The smallest absolute Gasteiger partial charge is 0.138 e. The van der Waals surface area contributed by atoms with Crippen LogP contribution in [0.15, 0.2) is 47.2 Å². The average Bonchev–Trinajstić information content (AvgIpc) is 3.02. The average molecular weight is 319 g/mol. The predicted molar refractivity (Wildman–Crippen MR) is 98.6 cm³/mol. The van der Waals surface area contributed by atoms with Crippen LogP contribution in [-0.2, 0) is 4.74 Å². The molecule has 0 radical (unpaired) electrons. The van der Waals surface area contributed by atoms with Crippen LogP contribution in [0.5, 0.6) is 0 Å². The molecular formula is C19H33N3O. The molecule has 0 unspecified atom stereocenters. The van der Waals surface area contributed by atoms with Crippen LogP contribution in [0.2, 0.25) is 0 Å². The van der Waals surface area contributed by atoms with Crippen LogP contribution >= 0.6 is 0 Å². The van der Waals surface area contributed by atoms with E-state index in [0.717, 1.165) is 24.4 Å². The maximum Gasteiger partial charge on any atom is 0.138 e. The van der Waals surface area contributed by atoms with Crippen LogP contribution < -0.4 is 11.1 Å². The first kappa shape index (κ1) is 19.4. The van der Waals surface area contributed by atoms with Crippen molar-refractivity contribution in [3.8, 4) is 0 Å². The quantitative estimate of drug-likeness (QED) is 0.503. The highest BCUT2D eigenvalue weighted by molar-refractivity contribution is 5.26. The van der Waals surface area contributed by atoms with Gasteiger partial charge in [0.1, 0.15) is 12.4 Å². The predicted octanol–water partition coefficient (Wildman–Crippen LogP) is 3.65. The summed E-state index contributed by atoms with van der Waals surface area (Å²) in [6, 6.07) is 0. The van der Waals surface area contributed by atoms with Gasteiger partial charge in [-0.05, 0) is 65.3 Å². The van der Waals surface area contributed by atoms with Gasteiger partial charge in [-0.3, -0.25) is 4.90 Å². The minimum atomic E-state index is 0.524. The topological polar surface area (TPSA) is 50.5 Å². The Bertz CT molecular complexity index is 483. The summed E-state index contributed by atoms with van der Waals surface area (Å²) in [6.07, 6.45) is 7.31. The van der Waals surface area contributed by atoms with Gasteiger partial charge in [0.2, 0.25) is 0 Å². The van der Waals surface area contributed by atoms with Gasteiger partial charge in [0, 0.05) is 17.9 Å². The van der Waals surface area contributed by atoms with Gasteiger partial charge in [0.05, 0.1) is 5.70 Å². The van der Waals surface area contributed by atoms with E-state index in [1.165, 1.54) is 37.2 Å². The largest absolute Gasteiger partial charge is 0.490 e. The van der Waals surface area contributed by atoms with Crippen molar-refractivity contribution in [1.29, 1.82) is 0 Å². The molecule has 0 aliphatic carbocycles. The van der Waals surface area contributed by atoms with Crippen LogP contribution in [-0.4, -0.2) is 31.1 Å². The molecular weight excluding hydrogens is 286 g/mol. The van der Waals surface area contributed by atoms with Gasteiger partial charge in [0.15, 0.2) is 0 Å². The summed E-state index contributed by atoms with van der Waals surface area (Å²) in [5, 5.41) is 3.43. The van der Waals surface area contributed by atoms with Crippen molar-refractivity contribution >= 4 is 0 Å². The Balaban J connectivity index is 2.72. The Labute approximate surface area is 141 Å². The molecule has 1 heterocycles. The third-order valence-electron chi connectivity index (χ3n) is 4.23. The standard InChI is InChI=1S/C19H33N3O/c1-6-15(2)17(4)21-18(5)19(10-9-16(3)20)23-14-13-22-11-7-8-12-22/h9-10,21H,3,6-8,11-14,20H2,1-2,4-5H3/b10-9-,17-15+,19-18-. The van der Waals surface area contributed by atoms with Crippen LogP contribution in [0.25, 0.3) is 0 Å². The van der Waals surface area contributed by atoms with E-state index in [2.05, 4.69) is 37.6 Å². The van der Waals surface area contributed by atoms with Gasteiger partial charge in [0.25, 0.3) is 0 Å². The molecule has 3 N–H and O–H groups in total. The molecule has 0 aromatic carbocycles. The van der Waals surface area contributed by atoms with Gasteiger partial charge in [-0.25, -0.2) is 0 Å². The van der Waals surface area contributed by atoms with Gasteiger partial charge in [-0.1, -0.05) is 19.1 Å². The summed E-state index contributed by atoms with van der Waals surface area (Å²) in [5.41, 5.74) is 9.67. The van der Waals surface area contributed by atoms with E-state index in [-0.39, 0.29) is 0 Å². The zero-order chi connectivity index (χ0) is 17.2. The first-order valence-electron chi connectivity index (χ1n) is 8.56. The lowest BCUT2D eigenvalue weighted by molar-refractivity contribution is 0.177. The van der Waals surface area contributed by atoms with Gasteiger partial charge in [-0.15, -0.1) is 0 Å². The molecule has 1 saturated heterocycles. The fourth-order valence-electron chi connectivity index (χ4n) is 2.47. The number of ether oxygens (including phenoxy) is 1. The lowest BCUT2D eigenvalue weighted by Crippen LogP contribution is -2.24. The SMILES string of the molecule is C=C(N)/C=C\C(OCCN1CCCC1)=C(/C)N/C(C)=C(\C)CC. The molecule has 0 spiro atoms. The first-order valence-corrected chi connectivity index (χ1v) is 8.56. The third kappa shape index (κ3) is 7.42. The summed E-state index contributed by atoms with van der Waals surface area (Å²) in [5.74, 6) is 0.819. The minimum Gasteiger partial charge on any atom is -0.490 e. The minimum absolute atomic E-state index is 0.524. The number of nitrogens with zero attached hydrogens (tertiary/aromatic N) is 1. The third-order valence-corrected chi connectivity index (χ3v) is 4.23. The van der Waals surface area contributed by atoms with Crippen molar-refractivity contribution in [3.05, 3.63) is 47.2 Å². The molecule has 1 rings (SSSR count). The number of allylic oxidation sites excluding steroid dienone is 5. The van der Waals surface area contributed by atoms with Crippen molar-refractivity contribution in [1.82, 2.24) is 10.2 Å². The van der Waals surface area contributed by atoms with Gasteiger partial charge < -0.3 is 15.8 Å². The summed E-state index contributed by atoms with van der Waals surface area (Å²) in [6.45, 7) is 16.2. The molecule has 1 aliphatic heterocycles. The Morgan fingerprint density at radius 1 is 1.17 bits per heavy atom. The van der Waals surface area contributed by atoms with E-state index in [1.54, 1.807) is 6.08 Å². The second-order valence-corrected chi connectivity index (χ2v) is 6.18. The molecule has 4 heteroatoms. The van der Waals surface area contributed by atoms with Gasteiger partial charge >= 0.3 is 0 Å². The Morgan fingerprint density at radius 2 is 1.83 bits per heavy atom. The molecule has 0 atom stereocenters. The van der Waals surface area contributed by atoms with Crippen molar-refractivity contribution in [3.63, 3.8) is 0 Å². The highest BCUT2D eigenvalue weighted by Crippen LogP contribution is 2.12. The van der Waals surface area contributed by atoms with E-state index < -0.39 is 0 Å².